The number of nitrogens with zero attached hydrogens (tertiary/aromatic N) is 1. The highest BCUT2D eigenvalue weighted by Gasteiger charge is 2.02. The summed E-state index contributed by atoms with van der Waals surface area (Å²) in [6, 6.07) is 7.87. The number of carbonyl (C=O) groups excluding carboxylic acids is 1. The molecule has 106 valence electrons. The zero-order chi connectivity index (χ0) is 14.2. The van der Waals surface area contributed by atoms with E-state index in [1.54, 1.807) is 13.3 Å². The van der Waals surface area contributed by atoms with Gasteiger partial charge in [-0.05, 0) is 36.1 Å². The van der Waals surface area contributed by atoms with E-state index in [2.05, 4.69) is 15.5 Å². The Morgan fingerprint density at radius 2 is 2.05 bits per heavy atom. The first-order chi connectivity index (χ1) is 9.78. The first-order valence-corrected chi connectivity index (χ1v) is 6.65. The van der Waals surface area contributed by atoms with E-state index >= 15 is 0 Å². The van der Waals surface area contributed by atoms with Crippen LogP contribution >= 0.6 is 0 Å². The first-order valence-electron chi connectivity index (χ1n) is 6.65. The van der Waals surface area contributed by atoms with Crippen molar-refractivity contribution < 1.29 is 9.53 Å². The number of rotatable bonds is 7. The molecular formula is C15H19N3O2. The fraction of sp³-hybridized carbons (Fsp3) is 0.333. The van der Waals surface area contributed by atoms with E-state index in [9.17, 15) is 4.79 Å². The molecule has 0 saturated heterocycles. The average Bonchev–Trinajstić information content (AvgIpc) is 2.99. The molecular weight excluding hydrogens is 254 g/mol. The van der Waals surface area contributed by atoms with Crippen molar-refractivity contribution in [3.63, 3.8) is 0 Å². The van der Waals surface area contributed by atoms with Gasteiger partial charge in [-0.2, -0.15) is 5.10 Å². The van der Waals surface area contributed by atoms with Crippen LogP contribution in [0, 0.1) is 0 Å². The van der Waals surface area contributed by atoms with Gasteiger partial charge in [0.1, 0.15) is 5.75 Å². The topological polar surface area (TPSA) is 67.0 Å². The number of amides is 1. The highest BCUT2D eigenvalue weighted by molar-refractivity contribution is 5.76. The Hall–Kier alpha value is -2.30. The molecule has 2 aromatic rings. The predicted molar refractivity (Wildman–Crippen MR) is 76.6 cm³/mol. The van der Waals surface area contributed by atoms with Crippen LogP contribution in [0.25, 0.3) is 0 Å². The number of ether oxygens (including phenoxy) is 1. The molecule has 0 aliphatic heterocycles. The summed E-state index contributed by atoms with van der Waals surface area (Å²) in [5.41, 5.74) is 2.23. The third-order valence-corrected chi connectivity index (χ3v) is 3.09. The summed E-state index contributed by atoms with van der Waals surface area (Å²) in [6.45, 7) is 0.649. The summed E-state index contributed by atoms with van der Waals surface area (Å²) >= 11 is 0. The third-order valence-electron chi connectivity index (χ3n) is 3.09. The molecule has 5 heteroatoms. The summed E-state index contributed by atoms with van der Waals surface area (Å²) in [7, 11) is 1.65. The van der Waals surface area contributed by atoms with E-state index in [1.807, 2.05) is 30.5 Å². The number of aromatic nitrogens is 2. The van der Waals surface area contributed by atoms with Crippen LogP contribution in [0.15, 0.2) is 36.7 Å². The fourth-order valence-electron chi connectivity index (χ4n) is 1.90. The molecule has 0 saturated carbocycles. The molecule has 0 atom stereocenters. The van der Waals surface area contributed by atoms with Gasteiger partial charge in [-0.1, -0.05) is 12.1 Å². The van der Waals surface area contributed by atoms with Crippen LogP contribution in [0.2, 0.25) is 0 Å². The number of H-pyrrole nitrogens is 1. The molecule has 1 aromatic heterocycles. The van der Waals surface area contributed by atoms with Gasteiger partial charge in [0.15, 0.2) is 0 Å². The average molecular weight is 273 g/mol. The van der Waals surface area contributed by atoms with Gasteiger partial charge >= 0.3 is 0 Å². The highest BCUT2D eigenvalue weighted by Crippen LogP contribution is 2.11. The number of aromatic amines is 1. The third kappa shape index (κ3) is 4.42. The summed E-state index contributed by atoms with van der Waals surface area (Å²) in [6.07, 6.45) is 5.57. The second kappa shape index (κ2) is 7.33. The minimum absolute atomic E-state index is 0.0692. The van der Waals surface area contributed by atoms with Crippen molar-refractivity contribution in [3.8, 4) is 5.75 Å². The van der Waals surface area contributed by atoms with Gasteiger partial charge in [0.25, 0.3) is 0 Å². The molecule has 0 bridgehead atoms. The Morgan fingerprint density at radius 1 is 1.25 bits per heavy atom. The van der Waals surface area contributed by atoms with Crippen LogP contribution in [-0.2, 0) is 17.6 Å². The number of hydrogen-bond acceptors (Lipinski definition) is 3. The maximum absolute atomic E-state index is 11.7. The smallest absolute Gasteiger partial charge is 0.220 e. The molecule has 20 heavy (non-hydrogen) atoms. The molecule has 0 radical (unpaired) electrons. The molecule has 1 heterocycles. The Bertz CT molecular complexity index is 521. The van der Waals surface area contributed by atoms with E-state index in [-0.39, 0.29) is 5.91 Å². The van der Waals surface area contributed by atoms with E-state index < -0.39 is 0 Å². The molecule has 0 aliphatic rings. The van der Waals surface area contributed by atoms with Crippen LogP contribution in [0.1, 0.15) is 17.5 Å². The van der Waals surface area contributed by atoms with Gasteiger partial charge < -0.3 is 10.1 Å². The number of aryl methyl sites for hydroxylation is 1. The molecule has 0 spiro atoms. The quantitative estimate of drug-likeness (QED) is 0.807. The monoisotopic (exact) mass is 273 g/mol. The fourth-order valence-corrected chi connectivity index (χ4v) is 1.90. The van der Waals surface area contributed by atoms with Crippen LogP contribution in [0.4, 0.5) is 0 Å². The summed E-state index contributed by atoms with van der Waals surface area (Å²) in [4.78, 5) is 11.7. The summed E-state index contributed by atoms with van der Waals surface area (Å²) in [5, 5.41) is 9.51. The lowest BCUT2D eigenvalue weighted by atomic mass is 10.1. The van der Waals surface area contributed by atoms with E-state index in [1.165, 1.54) is 5.56 Å². The SMILES string of the molecule is COc1ccc(CCNC(=O)CCc2cn[nH]c2)cc1. The number of methoxy groups -OCH3 is 1. The van der Waals surface area contributed by atoms with Crippen LogP contribution in [-0.4, -0.2) is 29.8 Å². The van der Waals surface area contributed by atoms with Crippen LogP contribution < -0.4 is 10.1 Å². The van der Waals surface area contributed by atoms with E-state index in [0.717, 1.165) is 17.7 Å². The number of benzene rings is 1. The number of carbonyl (C=O) groups is 1. The Balaban J connectivity index is 1.65. The lowest BCUT2D eigenvalue weighted by Crippen LogP contribution is -2.25. The number of nitrogens with one attached hydrogen (secondary N) is 2. The van der Waals surface area contributed by atoms with Crippen molar-refractivity contribution in [2.45, 2.75) is 19.3 Å². The van der Waals surface area contributed by atoms with E-state index in [0.29, 0.717) is 19.4 Å². The highest BCUT2D eigenvalue weighted by atomic mass is 16.5. The van der Waals surface area contributed by atoms with Crippen molar-refractivity contribution in [3.05, 3.63) is 47.8 Å². The second-order valence-electron chi connectivity index (χ2n) is 4.55. The molecule has 2 rings (SSSR count). The lowest BCUT2D eigenvalue weighted by molar-refractivity contribution is -0.121. The molecule has 1 amide bonds. The Kier molecular flexibility index (Phi) is 5.17. The largest absolute Gasteiger partial charge is 0.497 e. The van der Waals surface area contributed by atoms with Gasteiger partial charge in [-0.25, -0.2) is 0 Å². The van der Waals surface area contributed by atoms with Crippen LogP contribution in [0.5, 0.6) is 5.75 Å². The van der Waals surface area contributed by atoms with Gasteiger partial charge in [-0.15, -0.1) is 0 Å². The molecule has 5 nitrogen and oxygen atoms in total. The van der Waals surface area contributed by atoms with Crippen molar-refractivity contribution in [2.75, 3.05) is 13.7 Å². The maximum Gasteiger partial charge on any atom is 0.220 e. The second-order valence-corrected chi connectivity index (χ2v) is 4.55. The van der Waals surface area contributed by atoms with Crippen LogP contribution in [0.3, 0.4) is 0 Å². The zero-order valence-electron chi connectivity index (χ0n) is 11.6. The summed E-state index contributed by atoms with van der Waals surface area (Å²) in [5.74, 6) is 0.914. The van der Waals surface area contributed by atoms with Gasteiger partial charge in [0.2, 0.25) is 5.91 Å². The predicted octanol–water partition coefficient (Wildman–Crippen LogP) is 1.71. The van der Waals surface area contributed by atoms with Crippen molar-refractivity contribution in [2.24, 2.45) is 0 Å². The van der Waals surface area contributed by atoms with Crippen molar-refractivity contribution in [1.29, 1.82) is 0 Å². The van der Waals surface area contributed by atoms with Gasteiger partial charge in [0, 0.05) is 19.2 Å². The Labute approximate surface area is 118 Å². The standard InChI is InChI=1S/C15H19N3O2/c1-20-14-5-2-12(3-6-14)8-9-16-15(19)7-4-13-10-17-18-11-13/h2-3,5-6,10-11H,4,7-9H2,1H3,(H,16,19)(H,17,18). The van der Waals surface area contributed by atoms with Gasteiger partial charge in [0.05, 0.1) is 13.3 Å². The van der Waals surface area contributed by atoms with Crippen molar-refractivity contribution >= 4 is 5.91 Å². The molecule has 0 unspecified atom stereocenters. The van der Waals surface area contributed by atoms with E-state index in [4.69, 9.17) is 4.74 Å². The molecule has 0 fully saturated rings. The first kappa shape index (κ1) is 14.1. The minimum atomic E-state index is 0.0692. The Morgan fingerprint density at radius 3 is 2.70 bits per heavy atom. The molecule has 1 aromatic carbocycles. The lowest BCUT2D eigenvalue weighted by Gasteiger charge is -2.06. The molecule has 0 aliphatic carbocycles. The normalized spacial score (nSPS) is 10.2. The zero-order valence-corrected chi connectivity index (χ0v) is 11.6. The summed E-state index contributed by atoms with van der Waals surface area (Å²) < 4.78 is 5.10. The maximum atomic E-state index is 11.7. The molecule has 2 N–H and O–H groups in total. The number of hydrogen-bond donors (Lipinski definition) is 2. The van der Waals surface area contributed by atoms with Crippen molar-refractivity contribution in [1.82, 2.24) is 15.5 Å². The van der Waals surface area contributed by atoms with Gasteiger partial charge in [-0.3, -0.25) is 9.89 Å². The minimum Gasteiger partial charge on any atom is -0.497 e.